The topological polar surface area (TPSA) is 95.5 Å². The summed E-state index contributed by atoms with van der Waals surface area (Å²) in [7, 11) is -3.39. The highest BCUT2D eigenvalue weighted by molar-refractivity contribution is 7.92. The van der Waals surface area contributed by atoms with Crippen molar-refractivity contribution in [3.8, 4) is 0 Å². The van der Waals surface area contributed by atoms with Crippen molar-refractivity contribution >= 4 is 38.9 Å². The van der Waals surface area contributed by atoms with Crippen molar-refractivity contribution in [1.82, 2.24) is 0 Å². The van der Waals surface area contributed by atoms with E-state index in [0.717, 1.165) is 6.26 Å². The van der Waals surface area contributed by atoms with Crippen molar-refractivity contribution in [1.29, 1.82) is 0 Å². The van der Waals surface area contributed by atoms with Gasteiger partial charge >= 0.3 is 0 Å². The Morgan fingerprint density at radius 2 is 2.05 bits per heavy atom. The second kappa shape index (κ2) is 7.47. The van der Waals surface area contributed by atoms with Crippen molar-refractivity contribution in [3.63, 3.8) is 0 Å². The summed E-state index contributed by atoms with van der Waals surface area (Å²) in [6.07, 6.45) is 2.42. The van der Waals surface area contributed by atoms with E-state index < -0.39 is 10.0 Å². The van der Waals surface area contributed by atoms with Crippen LogP contribution in [0.3, 0.4) is 0 Å². The number of benzene rings is 1. The number of amides is 1. The van der Waals surface area contributed by atoms with Gasteiger partial charge in [0.1, 0.15) is 0 Å². The number of nitrogens with one attached hydrogen (secondary N) is 2. The summed E-state index contributed by atoms with van der Waals surface area (Å²) in [5.74, 6) is -0.239. The van der Waals surface area contributed by atoms with Gasteiger partial charge in [0.15, 0.2) is 0 Å². The van der Waals surface area contributed by atoms with Gasteiger partial charge in [-0.1, -0.05) is 11.6 Å². The van der Waals surface area contributed by atoms with Crippen LogP contribution in [0.5, 0.6) is 0 Å². The average molecular weight is 321 g/mol. The maximum Gasteiger partial charge on any atom is 0.229 e. The Labute approximate surface area is 123 Å². The Bertz CT molecular complexity index is 575. The van der Waals surface area contributed by atoms with Gasteiger partial charge in [-0.05, 0) is 31.0 Å². The fourth-order valence-electron chi connectivity index (χ4n) is 1.51. The minimum Gasteiger partial charge on any atom is -0.396 e. The second-order valence-corrected chi connectivity index (χ2v) is 6.45. The number of carbonyl (C=O) groups excluding carboxylic acids is 1. The van der Waals surface area contributed by atoms with E-state index in [1.165, 1.54) is 18.2 Å². The number of anilines is 2. The summed E-state index contributed by atoms with van der Waals surface area (Å²) in [5, 5.41) is 11.6. The number of aliphatic hydroxyl groups is 1. The third kappa shape index (κ3) is 6.23. The monoisotopic (exact) mass is 320 g/mol. The van der Waals surface area contributed by atoms with Crippen LogP contribution in [0.4, 0.5) is 11.4 Å². The molecule has 0 spiro atoms. The first-order chi connectivity index (χ1) is 9.31. The van der Waals surface area contributed by atoms with Crippen LogP contribution >= 0.6 is 11.6 Å². The molecule has 0 atom stereocenters. The van der Waals surface area contributed by atoms with Gasteiger partial charge in [-0.2, -0.15) is 0 Å². The van der Waals surface area contributed by atoms with Crippen molar-refractivity contribution in [2.24, 2.45) is 0 Å². The fraction of sp³-hybridized carbons (Fsp3) is 0.417. The predicted molar refractivity (Wildman–Crippen MR) is 79.5 cm³/mol. The third-order valence-corrected chi connectivity index (χ3v) is 3.29. The molecule has 0 heterocycles. The molecule has 1 aromatic carbocycles. The molecule has 0 bridgehead atoms. The van der Waals surface area contributed by atoms with Gasteiger partial charge < -0.3 is 10.4 Å². The van der Waals surface area contributed by atoms with Gasteiger partial charge in [0.25, 0.3) is 0 Å². The Morgan fingerprint density at radius 3 is 2.65 bits per heavy atom. The molecule has 1 amide bonds. The summed E-state index contributed by atoms with van der Waals surface area (Å²) in [6.45, 7) is 0.0435. The van der Waals surface area contributed by atoms with Crippen molar-refractivity contribution in [3.05, 3.63) is 23.2 Å². The van der Waals surface area contributed by atoms with Gasteiger partial charge in [-0.25, -0.2) is 8.42 Å². The molecular formula is C12H17ClN2O4S. The van der Waals surface area contributed by atoms with E-state index in [0.29, 0.717) is 29.2 Å². The molecule has 1 rings (SSSR count). The highest BCUT2D eigenvalue weighted by Gasteiger charge is 2.09. The van der Waals surface area contributed by atoms with Gasteiger partial charge in [0.05, 0.1) is 22.7 Å². The van der Waals surface area contributed by atoms with Crippen LogP contribution in [-0.2, 0) is 14.8 Å². The third-order valence-electron chi connectivity index (χ3n) is 2.36. The summed E-state index contributed by atoms with van der Waals surface area (Å²) in [5.41, 5.74) is 0.664. The summed E-state index contributed by atoms with van der Waals surface area (Å²) < 4.78 is 24.6. The average Bonchev–Trinajstić information content (AvgIpc) is 2.32. The molecule has 0 radical (unpaired) electrons. The molecule has 0 aliphatic carbocycles. The van der Waals surface area contributed by atoms with E-state index >= 15 is 0 Å². The Balaban J connectivity index is 2.74. The lowest BCUT2D eigenvalue weighted by Crippen LogP contribution is -2.13. The molecule has 0 aliphatic heterocycles. The molecule has 0 aliphatic rings. The van der Waals surface area contributed by atoms with Crippen LogP contribution in [0.2, 0.25) is 5.02 Å². The SMILES string of the molecule is CS(=O)(=O)Nc1ccc(Cl)c(NC(=O)CCCCO)c1. The van der Waals surface area contributed by atoms with Gasteiger partial charge in [-0.15, -0.1) is 0 Å². The number of hydrogen-bond acceptors (Lipinski definition) is 4. The van der Waals surface area contributed by atoms with Gasteiger partial charge in [0.2, 0.25) is 15.9 Å². The summed E-state index contributed by atoms with van der Waals surface area (Å²) >= 11 is 5.94. The van der Waals surface area contributed by atoms with Crippen molar-refractivity contribution in [2.75, 3.05) is 22.9 Å². The quantitative estimate of drug-likeness (QED) is 0.668. The van der Waals surface area contributed by atoms with Crippen LogP contribution in [0.25, 0.3) is 0 Å². The first-order valence-electron chi connectivity index (χ1n) is 6.00. The summed E-state index contributed by atoms with van der Waals surface area (Å²) in [6, 6.07) is 4.45. The molecule has 0 fully saturated rings. The lowest BCUT2D eigenvalue weighted by atomic mass is 10.2. The maximum absolute atomic E-state index is 11.6. The molecule has 20 heavy (non-hydrogen) atoms. The minimum absolute atomic E-state index is 0.0435. The molecule has 0 unspecified atom stereocenters. The predicted octanol–water partition coefficient (Wildman–Crippen LogP) is 1.81. The van der Waals surface area contributed by atoms with E-state index in [2.05, 4.69) is 10.0 Å². The van der Waals surface area contributed by atoms with Gasteiger partial charge in [-0.3, -0.25) is 9.52 Å². The van der Waals surface area contributed by atoms with E-state index in [-0.39, 0.29) is 18.9 Å². The Morgan fingerprint density at radius 1 is 1.35 bits per heavy atom. The molecule has 8 heteroatoms. The molecule has 0 saturated carbocycles. The van der Waals surface area contributed by atoms with Crippen LogP contribution in [-0.4, -0.2) is 32.3 Å². The molecule has 3 N–H and O–H groups in total. The number of halogens is 1. The molecule has 112 valence electrons. The maximum atomic E-state index is 11.6. The number of sulfonamides is 1. The van der Waals surface area contributed by atoms with E-state index in [1.54, 1.807) is 0 Å². The second-order valence-electron chi connectivity index (χ2n) is 4.30. The van der Waals surface area contributed by atoms with Crippen LogP contribution in [0.1, 0.15) is 19.3 Å². The number of hydrogen-bond donors (Lipinski definition) is 3. The number of carbonyl (C=O) groups is 1. The molecule has 6 nitrogen and oxygen atoms in total. The Kier molecular flexibility index (Phi) is 6.25. The van der Waals surface area contributed by atoms with Crippen molar-refractivity contribution in [2.45, 2.75) is 19.3 Å². The Hall–Kier alpha value is -1.31. The number of unbranched alkanes of at least 4 members (excludes halogenated alkanes) is 1. The van der Waals surface area contributed by atoms with Crippen LogP contribution < -0.4 is 10.0 Å². The smallest absolute Gasteiger partial charge is 0.229 e. The zero-order valence-corrected chi connectivity index (χ0v) is 12.6. The largest absolute Gasteiger partial charge is 0.396 e. The highest BCUT2D eigenvalue weighted by atomic mass is 35.5. The molecule has 1 aromatic rings. The molecule has 0 saturated heterocycles. The number of aliphatic hydroxyl groups excluding tert-OH is 1. The van der Waals surface area contributed by atoms with Crippen LogP contribution in [0, 0.1) is 0 Å². The van der Waals surface area contributed by atoms with E-state index in [4.69, 9.17) is 16.7 Å². The standard InChI is InChI=1S/C12H17ClN2O4S/c1-20(18,19)15-9-5-6-10(13)11(8-9)14-12(17)4-2-3-7-16/h5-6,8,15-16H,2-4,7H2,1H3,(H,14,17). The fourth-order valence-corrected chi connectivity index (χ4v) is 2.23. The van der Waals surface area contributed by atoms with Gasteiger partial charge in [0, 0.05) is 13.0 Å². The first kappa shape index (κ1) is 16.7. The lowest BCUT2D eigenvalue weighted by molar-refractivity contribution is -0.116. The highest BCUT2D eigenvalue weighted by Crippen LogP contribution is 2.26. The first-order valence-corrected chi connectivity index (χ1v) is 8.27. The van der Waals surface area contributed by atoms with Crippen molar-refractivity contribution < 1.29 is 18.3 Å². The molecular weight excluding hydrogens is 304 g/mol. The zero-order chi connectivity index (χ0) is 15.2. The normalized spacial score (nSPS) is 11.2. The minimum atomic E-state index is -3.39. The molecule has 0 aromatic heterocycles. The number of rotatable bonds is 7. The summed E-state index contributed by atoms with van der Waals surface area (Å²) in [4.78, 5) is 11.6. The van der Waals surface area contributed by atoms with E-state index in [9.17, 15) is 13.2 Å². The van der Waals surface area contributed by atoms with Crippen LogP contribution in [0.15, 0.2) is 18.2 Å². The van der Waals surface area contributed by atoms with E-state index in [1.807, 2.05) is 0 Å². The lowest BCUT2D eigenvalue weighted by Gasteiger charge is -2.10. The zero-order valence-electron chi connectivity index (χ0n) is 11.0.